The number of Topliss-reactive ketones (excluding diaryl/α,β-unsaturated/α-hetero) is 1. The van der Waals surface area contributed by atoms with E-state index in [-0.39, 0.29) is 23.7 Å². The van der Waals surface area contributed by atoms with Gasteiger partial charge in [0.1, 0.15) is 11.9 Å². The quantitative estimate of drug-likeness (QED) is 0.271. The minimum Gasteiger partial charge on any atom is -0.340 e. The van der Waals surface area contributed by atoms with Gasteiger partial charge in [0, 0.05) is 81.5 Å². The normalized spacial score (nSPS) is 17.7. The van der Waals surface area contributed by atoms with Gasteiger partial charge < -0.3 is 4.90 Å². The van der Waals surface area contributed by atoms with Crippen LogP contribution in [0.3, 0.4) is 0 Å². The maximum absolute atomic E-state index is 14.9. The first-order valence-electron chi connectivity index (χ1n) is 14.4. The highest BCUT2D eigenvalue weighted by Crippen LogP contribution is 2.39. The van der Waals surface area contributed by atoms with Crippen molar-refractivity contribution >= 4 is 22.5 Å². The Morgan fingerprint density at radius 2 is 1.75 bits per heavy atom. The van der Waals surface area contributed by atoms with Gasteiger partial charge in [-0.1, -0.05) is 29.8 Å². The highest BCUT2D eigenvalue weighted by molar-refractivity contribution is 5.99. The first-order valence-corrected chi connectivity index (χ1v) is 14.4. The first kappa shape index (κ1) is 29.7. The Bertz CT molecular complexity index is 1790. The van der Waals surface area contributed by atoms with Gasteiger partial charge in [-0.25, -0.2) is 4.39 Å². The Kier molecular flexibility index (Phi) is 7.83. The maximum Gasteiger partial charge on any atom is 0.419 e. The van der Waals surface area contributed by atoms with Gasteiger partial charge in [-0.2, -0.15) is 18.3 Å². The molecule has 0 aliphatic carbocycles. The number of rotatable bonds is 6. The lowest BCUT2D eigenvalue weighted by Crippen LogP contribution is -2.47. The van der Waals surface area contributed by atoms with E-state index in [9.17, 15) is 27.2 Å². The smallest absolute Gasteiger partial charge is 0.340 e. The summed E-state index contributed by atoms with van der Waals surface area (Å²) in [5.41, 5.74) is 2.33. The van der Waals surface area contributed by atoms with Crippen LogP contribution >= 0.6 is 0 Å². The summed E-state index contributed by atoms with van der Waals surface area (Å²) >= 11 is 0. The van der Waals surface area contributed by atoms with Gasteiger partial charge in [0.05, 0.1) is 11.3 Å². The lowest BCUT2D eigenvalue weighted by molar-refractivity contribution is -0.140. The van der Waals surface area contributed by atoms with E-state index in [1.165, 1.54) is 6.07 Å². The van der Waals surface area contributed by atoms with Crippen LogP contribution in [-0.2, 0) is 35.2 Å². The molecule has 2 aromatic carbocycles. The molecule has 0 N–H and O–H groups in total. The summed E-state index contributed by atoms with van der Waals surface area (Å²) in [5, 5.41) is 6.70. The van der Waals surface area contributed by atoms with E-state index in [0.717, 1.165) is 45.4 Å². The second kappa shape index (κ2) is 11.6. The fourth-order valence-electron chi connectivity index (χ4n) is 6.25. The van der Waals surface area contributed by atoms with Crippen molar-refractivity contribution in [3.05, 3.63) is 106 Å². The van der Waals surface area contributed by atoms with Crippen LogP contribution < -0.4 is 0 Å². The Hall–Kier alpha value is -4.38. The number of hydrogen-bond acceptors (Lipinski definition) is 5. The highest BCUT2D eigenvalue weighted by Gasteiger charge is 2.37. The van der Waals surface area contributed by atoms with Crippen molar-refractivity contribution in [2.24, 2.45) is 0 Å². The van der Waals surface area contributed by atoms with Crippen molar-refractivity contribution in [1.29, 1.82) is 0 Å². The SMILES string of the molecule is CC(=O)N1CCN(Cc2cc3n(n2)C(c2ccc(C(F)(F)F)c(F)c2)C(C(=O)Cc2ccc4cnccc4c2)=C(C)C3)CC1. The number of nitrogens with zero attached hydrogens (tertiary/aromatic N) is 5. The molecule has 2 aliphatic heterocycles. The van der Waals surface area contributed by atoms with Gasteiger partial charge in [0.2, 0.25) is 5.91 Å². The molecule has 44 heavy (non-hydrogen) atoms. The van der Waals surface area contributed by atoms with Crippen LogP contribution in [0.1, 0.15) is 48.0 Å². The van der Waals surface area contributed by atoms with Gasteiger partial charge in [0.15, 0.2) is 5.78 Å². The van der Waals surface area contributed by atoms with Gasteiger partial charge in [-0.05, 0) is 47.7 Å². The molecule has 1 amide bonds. The van der Waals surface area contributed by atoms with E-state index >= 15 is 0 Å². The van der Waals surface area contributed by atoms with E-state index in [1.807, 2.05) is 37.3 Å². The van der Waals surface area contributed by atoms with Gasteiger partial charge in [-0.15, -0.1) is 0 Å². The van der Waals surface area contributed by atoms with Gasteiger partial charge >= 0.3 is 6.18 Å². The number of amides is 1. The van der Waals surface area contributed by atoms with Crippen LogP contribution in [0.4, 0.5) is 17.6 Å². The van der Waals surface area contributed by atoms with Crippen LogP contribution in [0.15, 0.2) is 72.1 Å². The van der Waals surface area contributed by atoms with Crippen LogP contribution in [0.5, 0.6) is 0 Å². The summed E-state index contributed by atoms with van der Waals surface area (Å²) in [6.07, 6.45) is -0.938. The van der Waals surface area contributed by atoms with Crippen molar-refractivity contribution in [3.63, 3.8) is 0 Å². The number of allylic oxidation sites excluding steroid dienone is 2. The molecule has 0 bridgehead atoms. The number of piperazine rings is 1. The number of ketones is 1. The van der Waals surface area contributed by atoms with E-state index in [2.05, 4.69) is 9.88 Å². The average molecular weight is 606 g/mol. The Labute approximate surface area is 251 Å². The summed E-state index contributed by atoms with van der Waals surface area (Å²) < 4.78 is 56.8. The molecule has 4 aromatic rings. The third-order valence-corrected chi connectivity index (χ3v) is 8.48. The Morgan fingerprint density at radius 3 is 2.45 bits per heavy atom. The molecular formula is C33H31F4N5O2. The van der Waals surface area contributed by atoms with Crippen molar-refractivity contribution in [3.8, 4) is 0 Å². The number of hydrogen-bond donors (Lipinski definition) is 0. The Morgan fingerprint density at radius 1 is 0.977 bits per heavy atom. The molecule has 228 valence electrons. The molecule has 11 heteroatoms. The number of halogens is 4. The molecule has 1 unspecified atom stereocenters. The standard InChI is InChI=1S/C33H31F4N5O2/c1-20-13-27-17-26(19-40-9-11-41(12-10-40)21(2)43)39-42(27)32(24-5-6-28(29(34)16-24)33(35,36)37)31(20)30(44)15-22-3-4-25-18-38-8-7-23(25)14-22/h3-8,14,16-18,32H,9-13,15,19H2,1-2H3. The molecule has 0 radical (unpaired) electrons. The van der Waals surface area contributed by atoms with Gasteiger partial charge in [0.25, 0.3) is 0 Å². The maximum atomic E-state index is 14.9. The van der Waals surface area contributed by atoms with Gasteiger partial charge in [-0.3, -0.25) is 24.2 Å². The second-order valence-corrected chi connectivity index (χ2v) is 11.5. The second-order valence-electron chi connectivity index (χ2n) is 11.5. The van der Waals surface area contributed by atoms with Crippen LogP contribution in [-0.4, -0.2) is 62.4 Å². The fraction of sp³-hybridized carbons (Fsp3) is 0.333. The minimum atomic E-state index is -4.85. The molecule has 0 spiro atoms. The number of alkyl halides is 3. The van der Waals surface area contributed by atoms with Crippen LogP contribution in [0, 0.1) is 5.82 Å². The molecule has 2 aliphatic rings. The lowest BCUT2D eigenvalue weighted by atomic mass is 9.85. The molecule has 7 nitrogen and oxygen atoms in total. The van der Waals surface area contributed by atoms with E-state index in [0.29, 0.717) is 44.7 Å². The predicted molar refractivity (Wildman–Crippen MR) is 156 cm³/mol. The zero-order valence-corrected chi connectivity index (χ0v) is 24.4. The van der Waals surface area contributed by atoms with Crippen molar-refractivity contribution in [2.75, 3.05) is 26.2 Å². The molecule has 1 fully saturated rings. The average Bonchev–Trinajstić information content (AvgIpc) is 3.37. The summed E-state index contributed by atoms with van der Waals surface area (Å²) in [5.74, 6) is -1.57. The topological polar surface area (TPSA) is 71.3 Å². The number of carbonyl (C=O) groups excluding carboxylic acids is 2. The number of benzene rings is 2. The number of carbonyl (C=O) groups is 2. The van der Waals surface area contributed by atoms with Crippen molar-refractivity contribution in [1.82, 2.24) is 24.6 Å². The summed E-state index contributed by atoms with van der Waals surface area (Å²) in [7, 11) is 0. The molecule has 4 heterocycles. The molecule has 2 aromatic heterocycles. The van der Waals surface area contributed by atoms with Crippen LogP contribution in [0.25, 0.3) is 10.8 Å². The number of pyridine rings is 1. The van der Waals surface area contributed by atoms with Crippen molar-refractivity contribution < 1.29 is 27.2 Å². The number of aromatic nitrogens is 3. The van der Waals surface area contributed by atoms with Crippen molar-refractivity contribution in [2.45, 2.75) is 45.5 Å². The van der Waals surface area contributed by atoms with E-state index in [4.69, 9.17) is 5.10 Å². The summed E-state index contributed by atoms with van der Waals surface area (Å²) in [6.45, 7) is 6.48. The Balaban J connectivity index is 1.35. The third kappa shape index (κ3) is 5.88. The lowest BCUT2D eigenvalue weighted by Gasteiger charge is -2.33. The van der Waals surface area contributed by atoms with E-state index in [1.54, 1.807) is 28.9 Å². The fourth-order valence-corrected chi connectivity index (χ4v) is 6.25. The highest BCUT2D eigenvalue weighted by atomic mass is 19.4. The molecule has 1 atom stereocenters. The molecule has 1 saturated heterocycles. The largest absolute Gasteiger partial charge is 0.419 e. The monoisotopic (exact) mass is 605 g/mol. The van der Waals surface area contributed by atoms with E-state index < -0.39 is 23.6 Å². The molecular weight excluding hydrogens is 574 g/mol. The molecule has 6 rings (SSSR count). The molecule has 0 saturated carbocycles. The zero-order chi connectivity index (χ0) is 31.2. The first-order chi connectivity index (χ1) is 21.0. The minimum absolute atomic E-state index is 0.0353. The third-order valence-electron chi connectivity index (χ3n) is 8.48. The zero-order valence-electron chi connectivity index (χ0n) is 24.4. The van der Waals surface area contributed by atoms with Crippen LogP contribution in [0.2, 0.25) is 0 Å². The number of fused-ring (bicyclic) bond motifs is 2. The predicted octanol–water partition coefficient (Wildman–Crippen LogP) is 5.53. The summed E-state index contributed by atoms with van der Waals surface area (Å²) in [6, 6.07) is 11.4. The summed E-state index contributed by atoms with van der Waals surface area (Å²) in [4.78, 5) is 33.8.